The molecule has 0 aliphatic carbocycles. The summed E-state index contributed by atoms with van der Waals surface area (Å²) in [6.45, 7) is 0.900. The van der Waals surface area contributed by atoms with Crippen molar-refractivity contribution in [3.8, 4) is 0 Å². The molecule has 0 saturated carbocycles. The number of hydrogen-bond acceptors (Lipinski definition) is 4. The fourth-order valence-corrected chi connectivity index (χ4v) is 2.07. The molecule has 0 fully saturated rings. The molecule has 2 N–H and O–H groups in total. The lowest BCUT2D eigenvalue weighted by molar-refractivity contribution is 0.217. The number of unbranched alkanes of at least 4 members (excludes halogenated alkanes) is 3. The van der Waals surface area contributed by atoms with Gasteiger partial charge < -0.3 is 9.84 Å². The number of aliphatic hydroxyl groups excluding tert-OH is 1. The van der Waals surface area contributed by atoms with Crippen LogP contribution >= 0.6 is 0 Å². The van der Waals surface area contributed by atoms with Gasteiger partial charge in [-0.3, -0.25) is 0 Å². The molecular formula is C9H21NO4S. The molecule has 0 radical (unpaired) electrons. The van der Waals surface area contributed by atoms with Gasteiger partial charge in [-0.05, 0) is 12.8 Å². The summed E-state index contributed by atoms with van der Waals surface area (Å²) < 4.78 is 29.7. The Kier molecular flexibility index (Phi) is 8.98. The van der Waals surface area contributed by atoms with Crippen LogP contribution in [0.3, 0.4) is 0 Å². The van der Waals surface area contributed by atoms with Crippen LogP contribution in [0.5, 0.6) is 0 Å². The van der Waals surface area contributed by atoms with Crippen LogP contribution in [-0.2, 0) is 14.8 Å². The standard InChI is InChI=1S/C9H21NO4S/c1-14-8-9-15(12,13)10-6-4-2-3-5-7-11/h10-11H,2-9H2,1H3. The fourth-order valence-electron chi connectivity index (χ4n) is 1.08. The highest BCUT2D eigenvalue weighted by Gasteiger charge is 2.07. The third kappa shape index (κ3) is 10.1. The van der Waals surface area contributed by atoms with E-state index in [2.05, 4.69) is 4.72 Å². The minimum absolute atomic E-state index is 0.0140. The van der Waals surface area contributed by atoms with E-state index in [1.165, 1.54) is 7.11 Å². The van der Waals surface area contributed by atoms with Crippen LogP contribution in [0, 0.1) is 0 Å². The topological polar surface area (TPSA) is 75.6 Å². The first kappa shape index (κ1) is 14.8. The predicted molar refractivity (Wildman–Crippen MR) is 59.2 cm³/mol. The SMILES string of the molecule is COCCS(=O)(=O)NCCCCCCO. The Balaban J connectivity index is 3.41. The molecule has 6 heteroatoms. The average Bonchev–Trinajstić information content (AvgIpc) is 2.20. The summed E-state index contributed by atoms with van der Waals surface area (Å²) >= 11 is 0. The lowest BCUT2D eigenvalue weighted by Crippen LogP contribution is -2.29. The van der Waals surface area contributed by atoms with Crippen LogP contribution in [0.2, 0.25) is 0 Å². The molecule has 0 atom stereocenters. The van der Waals surface area contributed by atoms with Gasteiger partial charge in [0.05, 0.1) is 12.4 Å². The summed E-state index contributed by atoms with van der Waals surface area (Å²) in [6, 6.07) is 0. The van der Waals surface area contributed by atoms with Crippen LogP contribution in [0.1, 0.15) is 25.7 Å². The van der Waals surface area contributed by atoms with Crippen LogP contribution in [0.25, 0.3) is 0 Å². The first-order chi connectivity index (χ1) is 7.12. The van der Waals surface area contributed by atoms with Crippen LogP contribution in [-0.4, -0.2) is 46.1 Å². The maximum Gasteiger partial charge on any atom is 0.213 e. The van der Waals surface area contributed by atoms with Gasteiger partial charge in [0.2, 0.25) is 10.0 Å². The third-order valence-electron chi connectivity index (χ3n) is 1.96. The Morgan fingerprint density at radius 2 is 1.87 bits per heavy atom. The van der Waals surface area contributed by atoms with E-state index >= 15 is 0 Å². The second kappa shape index (κ2) is 9.08. The molecule has 0 saturated heterocycles. The monoisotopic (exact) mass is 239 g/mol. The number of aliphatic hydroxyl groups is 1. The molecule has 0 aliphatic heterocycles. The summed E-state index contributed by atoms with van der Waals surface area (Å²) in [7, 11) is -1.68. The molecular weight excluding hydrogens is 218 g/mol. The van der Waals surface area contributed by atoms with Crippen molar-refractivity contribution in [2.75, 3.05) is 32.6 Å². The van der Waals surface area contributed by atoms with E-state index in [1.807, 2.05) is 0 Å². The van der Waals surface area contributed by atoms with Crippen molar-refractivity contribution in [3.05, 3.63) is 0 Å². The molecule has 0 unspecified atom stereocenters. The van der Waals surface area contributed by atoms with E-state index < -0.39 is 10.0 Å². The normalized spacial score (nSPS) is 11.9. The fraction of sp³-hybridized carbons (Fsp3) is 1.00. The van der Waals surface area contributed by atoms with Crippen LogP contribution < -0.4 is 4.72 Å². The third-order valence-corrected chi connectivity index (χ3v) is 3.31. The molecule has 0 aromatic rings. The Morgan fingerprint density at radius 3 is 2.47 bits per heavy atom. The number of hydrogen-bond donors (Lipinski definition) is 2. The highest BCUT2D eigenvalue weighted by molar-refractivity contribution is 7.89. The van der Waals surface area contributed by atoms with Crippen molar-refractivity contribution in [3.63, 3.8) is 0 Å². The first-order valence-corrected chi connectivity index (χ1v) is 6.85. The largest absolute Gasteiger partial charge is 0.396 e. The van der Waals surface area contributed by atoms with Gasteiger partial charge in [-0.25, -0.2) is 13.1 Å². The Bertz CT molecular complexity index is 228. The zero-order chi connectivity index (χ0) is 11.6. The number of sulfonamides is 1. The Labute approximate surface area is 91.9 Å². The van der Waals surface area contributed by atoms with Gasteiger partial charge in [0.25, 0.3) is 0 Å². The van der Waals surface area contributed by atoms with E-state index in [0.29, 0.717) is 6.54 Å². The van der Waals surface area contributed by atoms with Crippen molar-refractivity contribution in [2.45, 2.75) is 25.7 Å². The summed E-state index contributed by atoms with van der Waals surface area (Å²) in [4.78, 5) is 0. The molecule has 0 spiro atoms. The van der Waals surface area contributed by atoms with Gasteiger partial charge in [-0.1, -0.05) is 12.8 Å². The average molecular weight is 239 g/mol. The van der Waals surface area contributed by atoms with Gasteiger partial charge in [0, 0.05) is 20.3 Å². The molecule has 0 aliphatic rings. The molecule has 0 amide bonds. The first-order valence-electron chi connectivity index (χ1n) is 5.19. The zero-order valence-corrected chi connectivity index (χ0v) is 10.1. The van der Waals surface area contributed by atoms with Gasteiger partial charge in [-0.2, -0.15) is 0 Å². The lowest BCUT2D eigenvalue weighted by atomic mass is 10.2. The molecule has 0 bridgehead atoms. The highest BCUT2D eigenvalue weighted by atomic mass is 32.2. The minimum Gasteiger partial charge on any atom is -0.396 e. The van der Waals surface area contributed by atoms with Gasteiger partial charge in [0.15, 0.2) is 0 Å². The summed E-state index contributed by atoms with van der Waals surface area (Å²) in [5.74, 6) is 0.0140. The van der Waals surface area contributed by atoms with E-state index in [9.17, 15) is 8.42 Å². The second-order valence-electron chi connectivity index (χ2n) is 3.34. The maximum atomic E-state index is 11.2. The molecule has 92 valence electrons. The van der Waals surface area contributed by atoms with Crippen molar-refractivity contribution in [2.24, 2.45) is 0 Å². The molecule has 0 rings (SSSR count). The summed E-state index contributed by atoms with van der Waals surface area (Å²) in [5.41, 5.74) is 0. The van der Waals surface area contributed by atoms with E-state index in [4.69, 9.17) is 9.84 Å². The van der Waals surface area contributed by atoms with Crippen LogP contribution in [0.4, 0.5) is 0 Å². The zero-order valence-electron chi connectivity index (χ0n) is 9.24. The van der Waals surface area contributed by atoms with E-state index in [0.717, 1.165) is 25.7 Å². The molecule has 0 heterocycles. The number of rotatable bonds is 10. The van der Waals surface area contributed by atoms with Crippen molar-refractivity contribution in [1.82, 2.24) is 4.72 Å². The summed E-state index contributed by atoms with van der Waals surface area (Å²) in [6.07, 6.45) is 3.48. The highest BCUT2D eigenvalue weighted by Crippen LogP contribution is 1.98. The molecule has 5 nitrogen and oxygen atoms in total. The Morgan fingerprint density at radius 1 is 1.20 bits per heavy atom. The van der Waals surface area contributed by atoms with Crippen molar-refractivity contribution in [1.29, 1.82) is 0 Å². The Hall–Kier alpha value is -0.170. The number of methoxy groups -OCH3 is 1. The van der Waals surface area contributed by atoms with Gasteiger partial charge in [-0.15, -0.1) is 0 Å². The molecule has 0 aromatic carbocycles. The van der Waals surface area contributed by atoms with Gasteiger partial charge in [0.1, 0.15) is 0 Å². The maximum absolute atomic E-state index is 11.2. The number of ether oxygens (including phenoxy) is 1. The summed E-state index contributed by atoms with van der Waals surface area (Å²) in [5, 5.41) is 8.52. The van der Waals surface area contributed by atoms with E-state index in [-0.39, 0.29) is 19.0 Å². The lowest BCUT2D eigenvalue weighted by Gasteiger charge is -2.05. The van der Waals surface area contributed by atoms with Gasteiger partial charge >= 0.3 is 0 Å². The smallest absolute Gasteiger partial charge is 0.213 e. The van der Waals surface area contributed by atoms with Crippen LogP contribution in [0.15, 0.2) is 0 Å². The predicted octanol–water partition coefficient (Wildman–Crippen LogP) is 0.105. The molecule has 15 heavy (non-hydrogen) atoms. The quantitative estimate of drug-likeness (QED) is 0.530. The van der Waals surface area contributed by atoms with E-state index in [1.54, 1.807) is 0 Å². The van der Waals surface area contributed by atoms with Crippen molar-refractivity contribution < 1.29 is 18.3 Å². The minimum atomic E-state index is -3.16. The van der Waals surface area contributed by atoms with Crippen molar-refractivity contribution >= 4 is 10.0 Å². The molecule has 0 aromatic heterocycles. The second-order valence-corrected chi connectivity index (χ2v) is 5.27. The number of nitrogens with one attached hydrogen (secondary N) is 1.